The van der Waals surface area contributed by atoms with Crippen molar-refractivity contribution in [3.8, 4) is 11.4 Å². The SMILES string of the molecule is CN1CCCCC1Cn1c(-c2ccncc2)n[nH]c1=S. The van der Waals surface area contributed by atoms with E-state index in [2.05, 4.69) is 31.7 Å². The molecule has 1 fully saturated rings. The number of H-pyrrole nitrogens is 1. The van der Waals surface area contributed by atoms with Gasteiger partial charge in [0.1, 0.15) is 0 Å². The van der Waals surface area contributed by atoms with Gasteiger partial charge in [0.2, 0.25) is 0 Å². The number of nitrogens with zero attached hydrogens (tertiary/aromatic N) is 4. The maximum Gasteiger partial charge on any atom is 0.195 e. The first kappa shape index (κ1) is 13.5. The van der Waals surface area contributed by atoms with E-state index in [-0.39, 0.29) is 0 Å². The molecule has 2 aromatic rings. The third kappa shape index (κ3) is 2.66. The van der Waals surface area contributed by atoms with Gasteiger partial charge in [0.25, 0.3) is 0 Å². The Balaban J connectivity index is 1.90. The van der Waals surface area contributed by atoms with Crippen LogP contribution in [0, 0.1) is 4.77 Å². The summed E-state index contributed by atoms with van der Waals surface area (Å²) in [7, 11) is 2.19. The van der Waals surface area contributed by atoms with E-state index < -0.39 is 0 Å². The fourth-order valence-corrected chi connectivity index (χ4v) is 3.00. The van der Waals surface area contributed by atoms with Gasteiger partial charge < -0.3 is 4.90 Å². The van der Waals surface area contributed by atoms with Crippen molar-refractivity contribution in [2.45, 2.75) is 31.8 Å². The van der Waals surface area contributed by atoms with E-state index >= 15 is 0 Å². The average molecular weight is 289 g/mol. The summed E-state index contributed by atoms with van der Waals surface area (Å²) in [5.74, 6) is 0.899. The second kappa shape index (κ2) is 5.85. The van der Waals surface area contributed by atoms with Crippen LogP contribution in [0.25, 0.3) is 11.4 Å². The highest BCUT2D eigenvalue weighted by Gasteiger charge is 2.21. The summed E-state index contributed by atoms with van der Waals surface area (Å²) in [4.78, 5) is 6.48. The first-order valence-corrected chi connectivity index (χ1v) is 7.42. The van der Waals surface area contributed by atoms with E-state index in [0.717, 1.165) is 17.9 Å². The number of aromatic nitrogens is 4. The summed E-state index contributed by atoms with van der Waals surface area (Å²) in [5, 5.41) is 7.29. The third-order valence-electron chi connectivity index (χ3n) is 4.01. The number of hydrogen-bond donors (Lipinski definition) is 1. The second-order valence-electron chi connectivity index (χ2n) is 5.33. The Labute approximate surface area is 123 Å². The van der Waals surface area contributed by atoms with Gasteiger partial charge in [-0.25, -0.2) is 0 Å². The smallest absolute Gasteiger partial charge is 0.195 e. The molecule has 0 bridgehead atoms. The lowest BCUT2D eigenvalue weighted by Gasteiger charge is -2.32. The topological polar surface area (TPSA) is 49.7 Å². The molecule has 0 amide bonds. The molecule has 1 aliphatic rings. The fraction of sp³-hybridized carbons (Fsp3) is 0.500. The monoisotopic (exact) mass is 289 g/mol. The molecule has 6 heteroatoms. The minimum absolute atomic E-state index is 0.536. The molecule has 1 N–H and O–H groups in total. The molecule has 3 heterocycles. The Morgan fingerprint density at radius 1 is 1.35 bits per heavy atom. The molecule has 0 saturated carbocycles. The van der Waals surface area contributed by atoms with Crippen LogP contribution in [-0.2, 0) is 6.54 Å². The van der Waals surface area contributed by atoms with Crippen LogP contribution in [-0.4, -0.2) is 44.3 Å². The van der Waals surface area contributed by atoms with Gasteiger partial charge in [-0.15, -0.1) is 0 Å². The van der Waals surface area contributed by atoms with Gasteiger partial charge in [0, 0.05) is 30.5 Å². The zero-order valence-electron chi connectivity index (χ0n) is 11.6. The minimum atomic E-state index is 0.536. The Kier molecular flexibility index (Phi) is 3.93. The first-order valence-electron chi connectivity index (χ1n) is 7.01. The number of likely N-dealkylation sites (N-methyl/N-ethyl adjacent to an activating group) is 1. The predicted octanol–water partition coefficient (Wildman–Crippen LogP) is 2.49. The van der Waals surface area contributed by atoms with Crippen LogP contribution in [0.3, 0.4) is 0 Å². The van der Waals surface area contributed by atoms with Crippen LogP contribution >= 0.6 is 12.2 Å². The molecule has 1 atom stereocenters. The van der Waals surface area contributed by atoms with Crippen LogP contribution in [0.2, 0.25) is 0 Å². The Morgan fingerprint density at radius 2 is 2.15 bits per heavy atom. The van der Waals surface area contributed by atoms with Gasteiger partial charge in [0.05, 0.1) is 0 Å². The van der Waals surface area contributed by atoms with Crippen molar-refractivity contribution in [2.24, 2.45) is 0 Å². The van der Waals surface area contributed by atoms with Crippen LogP contribution in [0.5, 0.6) is 0 Å². The van der Waals surface area contributed by atoms with Crippen molar-refractivity contribution >= 4 is 12.2 Å². The number of aromatic amines is 1. The van der Waals surface area contributed by atoms with E-state index in [0.29, 0.717) is 10.8 Å². The molecule has 20 heavy (non-hydrogen) atoms. The number of pyridine rings is 1. The van der Waals surface area contributed by atoms with Crippen molar-refractivity contribution in [1.82, 2.24) is 24.6 Å². The number of piperidine rings is 1. The number of rotatable bonds is 3. The van der Waals surface area contributed by atoms with E-state index in [1.165, 1.54) is 25.8 Å². The maximum absolute atomic E-state index is 5.39. The molecule has 5 nitrogen and oxygen atoms in total. The second-order valence-corrected chi connectivity index (χ2v) is 5.72. The molecule has 1 saturated heterocycles. The summed E-state index contributed by atoms with van der Waals surface area (Å²) >= 11 is 5.39. The molecule has 1 aliphatic heterocycles. The lowest BCUT2D eigenvalue weighted by Crippen LogP contribution is -2.39. The molecule has 0 spiro atoms. The summed E-state index contributed by atoms with van der Waals surface area (Å²) in [6.07, 6.45) is 7.37. The lowest BCUT2D eigenvalue weighted by atomic mass is 10.0. The van der Waals surface area contributed by atoms with E-state index in [4.69, 9.17) is 12.2 Å². The molecule has 1 unspecified atom stereocenters. The molecular formula is C14H19N5S. The molecule has 0 radical (unpaired) electrons. The van der Waals surface area contributed by atoms with Crippen molar-refractivity contribution in [2.75, 3.05) is 13.6 Å². The zero-order chi connectivity index (χ0) is 13.9. The normalized spacial score (nSPS) is 20.1. The number of hydrogen-bond acceptors (Lipinski definition) is 4. The Morgan fingerprint density at radius 3 is 2.90 bits per heavy atom. The van der Waals surface area contributed by atoms with Crippen LogP contribution < -0.4 is 0 Å². The van der Waals surface area contributed by atoms with E-state index in [9.17, 15) is 0 Å². The van der Waals surface area contributed by atoms with Crippen LogP contribution in [0.1, 0.15) is 19.3 Å². The van der Waals surface area contributed by atoms with Crippen molar-refractivity contribution < 1.29 is 0 Å². The molecule has 0 aliphatic carbocycles. The van der Waals surface area contributed by atoms with Crippen molar-refractivity contribution in [1.29, 1.82) is 0 Å². The fourth-order valence-electron chi connectivity index (χ4n) is 2.79. The van der Waals surface area contributed by atoms with Gasteiger partial charge in [-0.1, -0.05) is 6.42 Å². The largest absolute Gasteiger partial charge is 0.302 e. The summed E-state index contributed by atoms with van der Waals surface area (Å²) in [5.41, 5.74) is 1.05. The van der Waals surface area contributed by atoms with Gasteiger partial charge in [0.15, 0.2) is 10.6 Å². The van der Waals surface area contributed by atoms with Crippen LogP contribution in [0.4, 0.5) is 0 Å². The van der Waals surface area contributed by atoms with Gasteiger partial charge in [-0.05, 0) is 50.8 Å². The standard InChI is InChI=1S/C14H19N5S/c1-18-9-3-2-4-12(18)10-19-13(16-17-14(19)20)11-5-7-15-8-6-11/h5-8,12H,2-4,9-10H2,1H3,(H,17,20). The number of nitrogens with one attached hydrogen (secondary N) is 1. The summed E-state index contributed by atoms with van der Waals surface area (Å²) in [6.45, 7) is 2.06. The maximum atomic E-state index is 5.39. The lowest BCUT2D eigenvalue weighted by molar-refractivity contribution is 0.167. The highest BCUT2D eigenvalue weighted by Crippen LogP contribution is 2.21. The molecule has 3 rings (SSSR count). The van der Waals surface area contributed by atoms with Gasteiger partial charge >= 0.3 is 0 Å². The highest BCUT2D eigenvalue weighted by molar-refractivity contribution is 7.71. The summed E-state index contributed by atoms with van der Waals surface area (Å²) in [6, 6.07) is 4.46. The number of likely N-dealkylation sites (tertiary alicyclic amines) is 1. The molecule has 0 aromatic carbocycles. The Hall–Kier alpha value is -1.53. The van der Waals surface area contributed by atoms with Crippen molar-refractivity contribution in [3.05, 3.63) is 29.3 Å². The van der Waals surface area contributed by atoms with Gasteiger partial charge in [-0.3, -0.25) is 14.6 Å². The first-order chi connectivity index (χ1) is 9.75. The van der Waals surface area contributed by atoms with E-state index in [1.54, 1.807) is 12.4 Å². The minimum Gasteiger partial charge on any atom is -0.302 e. The average Bonchev–Trinajstić information content (AvgIpc) is 2.84. The molecule has 106 valence electrons. The van der Waals surface area contributed by atoms with E-state index in [1.807, 2.05) is 12.1 Å². The molecule has 2 aromatic heterocycles. The zero-order valence-corrected chi connectivity index (χ0v) is 12.4. The highest BCUT2D eigenvalue weighted by atomic mass is 32.1. The summed E-state index contributed by atoms with van der Waals surface area (Å²) < 4.78 is 2.80. The quantitative estimate of drug-likeness (QED) is 0.882. The Bertz CT molecular complexity index is 618. The van der Waals surface area contributed by atoms with Crippen LogP contribution in [0.15, 0.2) is 24.5 Å². The predicted molar refractivity (Wildman–Crippen MR) is 80.9 cm³/mol. The third-order valence-corrected chi connectivity index (χ3v) is 4.32. The van der Waals surface area contributed by atoms with Gasteiger partial charge in [-0.2, -0.15) is 5.10 Å². The molecular weight excluding hydrogens is 270 g/mol. The van der Waals surface area contributed by atoms with Crippen molar-refractivity contribution in [3.63, 3.8) is 0 Å².